The summed E-state index contributed by atoms with van der Waals surface area (Å²) in [5.41, 5.74) is 1.52. The molecule has 164 valence electrons. The summed E-state index contributed by atoms with van der Waals surface area (Å²) in [5, 5.41) is 7.92. The molecule has 0 aliphatic rings. The van der Waals surface area contributed by atoms with Crippen LogP contribution < -0.4 is 20.7 Å². The van der Waals surface area contributed by atoms with Gasteiger partial charge in [0.1, 0.15) is 23.5 Å². The largest absolute Gasteiger partial charge is 0.489 e. The molecule has 0 bridgehead atoms. The second-order valence-corrected chi connectivity index (χ2v) is 9.05. The van der Waals surface area contributed by atoms with Gasteiger partial charge in [-0.2, -0.15) is 0 Å². The fourth-order valence-electron chi connectivity index (χ4n) is 2.33. The highest BCUT2D eigenvalue weighted by Gasteiger charge is 2.14. The number of carbonyl (C=O) groups excluding carboxylic acids is 1. The van der Waals surface area contributed by atoms with E-state index in [0.29, 0.717) is 5.69 Å². The lowest BCUT2D eigenvalue weighted by molar-refractivity contribution is 0.219. The predicted octanol–water partition coefficient (Wildman–Crippen LogP) is 2.38. The minimum Gasteiger partial charge on any atom is -0.489 e. The van der Waals surface area contributed by atoms with Crippen molar-refractivity contribution in [1.82, 2.24) is 14.6 Å². The summed E-state index contributed by atoms with van der Waals surface area (Å²) in [7, 11) is -0.478. The van der Waals surface area contributed by atoms with Gasteiger partial charge in [0.2, 0.25) is 10.0 Å². The van der Waals surface area contributed by atoms with Gasteiger partial charge in [-0.25, -0.2) is 21.9 Å². The molecule has 2 rings (SSSR count). The summed E-state index contributed by atoms with van der Waals surface area (Å²) in [6, 6.07) is 6.71. The van der Waals surface area contributed by atoms with Crippen LogP contribution in [0.3, 0.4) is 0 Å². The summed E-state index contributed by atoms with van der Waals surface area (Å²) in [6.07, 6.45) is 1.07. The predicted molar refractivity (Wildman–Crippen MR) is 114 cm³/mol. The number of aryl methyl sites for hydroxylation is 1. The van der Waals surface area contributed by atoms with Gasteiger partial charge in [-0.15, -0.1) is 0 Å². The SMILES string of the molecule is Cc1ccc(NC(=O)Nc2cc(F)cc(O[C@@H](C)CNCS(=O)(=O)N(C)C)c2)cn1. The third kappa shape index (κ3) is 7.58. The summed E-state index contributed by atoms with van der Waals surface area (Å²) in [6.45, 7) is 3.77. The number of nitrogens with one attached hydrogen (secondary N) is 3. The Morgan fingerprint density at radius 1 is 1.20 bits per heavy atom. The molecule has 0 saturated heterocycles. The molecule has 2 aromatic rings. The number of pyridine rings is 1. The molecular formula is C19H26FN5O4S. The lowest BCUT2D eigenvalue weighted by atomic mass is 10.3. The topological polar surface area (TPSA) is 113 Å². The van der Waals surface area contributed by atoms with Gasteiger partial charge in [-0.05, 0) is 32.0 Å². The minimum atomic E-state index is -3.37. The number of carbonyl (C=O) groups is 1. The molecule has 1 aromatic heterocycles. The summed E-state index contributed by atoms with van der Waals surface area (Å²) < 4.78 is 44.2. The van der Waals surface area contributed by atoms with Crippen molar-refractivity contribution >= 4 is 27.4 Å². The smallest absolute Gasteiger partial charge is 0.323 e. The molecule has 0 unspecified atom stereocenters. The zero-order valence-electron chi connectivity index (χ0n) is 17.3. The molecule has 0 saturated carbocycles. The van der Waals surface area contributed by atoms with E-state index in [1.165, 1.54) is 32.4 Å². The van der Waals surface area contributed by atoms with Crippen molar-refractivity contribution in [3.63, 3.8) is 0 Å². The van der Waals surface area contributed by atoms with E-state index in [4.69, 9.17) is 4.74 Å². The molecule has 9 nitrogen and oxygen atoms in total. The Morgan fingerprint density at radius 3 is 2.53 bits per heavy atom. The second kappa shape index (κ2) is 10.3. The maximum Gasteiger partial charge on any atom is 0.323 e. The number of rotatable bonds is 9. The Labute approximate surface area is 175 Å². The molecule has 1 aromatic carbocycles. The Kier molecular flexibility index (Phi) is 8.09. The molecule has 0 radical (unpaired) electrons. The van der Waals surface area contributed by atoms with Gasteiger partial charge < -0.3 is 15.4 Å². The van der Waals surface area contributed by atoms with Gasteiger partial charge in [0.25, 0.3) is 0 Å². The van der Waals surface area contributed by atoms with Crippen molar-refractivity contribution in [3.05, 3.63) is 48.0 Å². The molecule has 0 spiro atoms. The van der Waals surface area contributed by atoms with Gasteiger partial charge in [-0.3, -0.25) is 10.3 Å². The van der Waals surface area contributed by atoms with Crippen LogP contribution in [-0.2, 0) is 10.0 Å². The lowest BCUT2D eigenvalue weighted by Gasteiger charge is -2.18. The summed E-state index contributed by atoms with van der Waals surface area (Å²) >= 11 is 0. The van der Waals surface area contributed by atoms with E-state index >= 15 is 0 Å². The standard InChI is InChI=1S/C19H26FN5O4S/c1-13-5-6-16(11-22-13)23-19(26)24-17-7-15(20)8-18(9-17)29-14(2)10-21-12-30(27,28)25(3)4/h5-9,11,14,21H,10,12H2,1-4H3,(H2,23,24,26)/t14-/m0/s1. The van der Waals surface area contributed by atoms with Gasteiger partial charge in [-0.1, -0.05) is 0 Å². The quantitative estimate of drug-likeness (QED) is 0.553. The van der Waals surface area contributed by atoms with Crippen LogP contribution in [0.5, 0.6) is 5.75 Å². The molecule has 0 aliphatic heterocycles. The molecule has 11 heteroatoms. The highest BCUT2D eigenvalue weighted by molar-refractivity contribution is 7.89. The molecule has 1 heterocycles. The van der Waals surface area contributed by atoms with E-state index < -0.39 is 28.0 Å². The Bertz CT molecular complexity index is 967. The Morgan fingerprint density at radius 2 is 1.90 bits per heavy atom. The van der Waals surface area contributed by atoms with Crippen molar-refractivity contribution in [3.8, 4) is 5.75 Å². The highest BCUT2D eigenvalue weighted by atomic mass is 32.2. The number of anilines is 2. The first-order chi connectivity index (χ1) is 14.0. The second-order valence-electron chi connectivity index (χ2n) is 6.86. The molecule has 30 heavy (non-hydrogen) atoms. The monoisotopic (exact) mass is 439 g/mol. The third-order valence-electron chi connectivity index (χ3n) is 3.91. The average Bonchev–Trinajstić information content (AvgIpc) is 2.62. The van der Waals surface area contributed by atoms with Crippen molar-refractivity contribution in [1.29, 1.82) is 0 Å². The molecule has 0 aliphatic carbocycles. The van der Waals surface area contributed by atoms with Crippen LogP contribution in [0.1, 0.15) is 12.6 Å². The number of hydrogen-bond donors (Lipinski definition) is 3. The number of aromatic nitrogens is 1. The number of ether oxygens (including phenoxy) is 1. The number of hydrogen-bond acceptors (Lipinski definition) is 6. The zero-order chi connectivity index (χ0) is 22.3. The fraction of sp³-hybridized carbons (Fsp3) is 0.368. The van der Waals surface area contributed by atoms with Crippen molar-refractivity contribution in [2.75, 3.05) is 37.2 Å². The molecule has 3 N–H and O–H groups in total. The summed E-state index contributed by atoms with van der Waals surface area (Å²) in [4.78, 5) is 16.2. The lowest BCUT2D eigenvalue weighted by Crippen LogP contribution is -2.37. The number of urea groups is 1. The van der Waals surface area contributed by atoms with Crippen LogP contribution >= 0.6 is 0 Å². The Hall–Kier alpha value is -2.76. The zero-order valence-corrected chi connectivity index (χ0v) is 18.1. The highest BCUT2D eigenvalue weighted by Crippen LogP contribution is 2.21. The number of benzene rings is 1. The van der Waals surface area contributed by atoms with Gasteiger partial charge in [0, 0.05) is 44.2 Å². The van der Waals surface area contributed by atoms with Gasteiger partial charge in [0.05, 0.1) is 11.9 Å². The van der Waals surface area contributed by atoms with Crippen LogP contribution in [-0.4, -0.2) is 56.4 Å². The maximum absolute atomic E-state index is 13.9. The van der Waals surface area contributed by atoms with Crippen LogP contribution in [0.2, 0.25) is 0 Å². The first-order valence-corrected chi connectivity index (χ1v) is 10.7. The minimum absolute atomic E-state index is 0.201. The van der Waals surface area contributed by atoms with E-state index in [9.17, 15) is 17.6 Å². The Balaban J connectivity index is 1.92. The molecule has 1 atom stereocenters. The van der Waals surface area contributed by atoms with E-state index in [-0.39, 0.29) is 23.9 Å². The molecule has 0 fully saturated rings. The first kappa shape index (κ1) is 23.5. The van der Waals surface area contributed by atoms with Crippen molar-refractivity contribution in [2.45, 2.75) is 20.0 Å². The van der Waals surface area contributed by atoms with Gasteiger partial charge >= 0.3 is 6.03 Å². The fourth-order valence-corrected chi connectivity index (χ4v) is 2.97. The van der Waals surface area contributed by atoms with Crippen LogP contribution in [0, 0.1) is 12.7 Å². The maximum atomic E-state index is 13.9. The van der Waals surface area contributed by atoms with Crippen LogP contribution in [0.25, 0.3) is 0 Å². The third-order valence-corrected chi connectivity index (χ3v) is 5.59. The van der Waals surface area contributed by atoms with E-state index in [1.807, 2.05) is 6.92 Å². The summed E-state index contributed by atoms with van der Waals surface area (Å²) in [5.74, 6) is -0.625. The van der Waals surface area contributed by atoms with E-state index in [0.717, 1.165) is 16.1 Å². The number of sulfonamides is 1. The van der Waals surface area contributed by atoms with Gasteiger partial charge in [0.15, 0.2) is 0 Å². The van der Waals surface area contributed by atoms with Crippen molar-refractivity contribution in [2.24, 2.45) is 0 Å². The van der Waals surface area contributed by atoms with Crippen LogP contribution in [0.4, 0.5) is 20.6 Å². The molecule has 2 amide bonds. The van der Waals surface area contributed by atoms with E-state index in [2.05, 4.69) is 20.9 Å². The number of nitrogens with zero attached hydrogens (tertiary/aromatic N) is 2. The first-order valence-electron chi connectivity index (χ1n) is 9.14. The number of halogens is 1. The average molecular weight is 440 g/mol. The molecular weight excluding hydrogens is 413 g/mol. The van der Waals surface area contributed by atoms with Crippen molar-refractivity contribution < 1.29 is 22.3 Å². The van der Waals surface area contributed by atoms with Crippen LogP contribution in [0.15, 0.2) is 36.5 Å². The van der Waals surface area contributed by atoms with E-state index in [1.54, 1.807) is 19.1 Å². The normalized spacial score (nSPS) is 12.5. The number of amides is 2.